The van der Waals surface area contributed by atoms with Crippen LogP contribution in [0.4, 0.5) is 0 Å². The van der Waals surface area contributed by atoms with E-state index in [2.05, 4.69) is 0 Å². The highest BCUT2D eigenvalue weighted by Gasteiger charge is 2.35. The van der Waals surface area contributed by atoms with Crippen LogP contribution in [0.2, 0.25) is 0 Å². The van der Waals surface area contributed by atoms with Crippen LogP contribution >= 0.6 is 0 Å². The van der Waals surface area contributed by atoms with Crippen LogP contribution < -0.4 is 0 Å². The number of carboxylic acid groups (broad SMARTS) is 1. The van der Waals surface area contributed by atoms with Crippen LogP contribution in [0.15, 0.2) is 29.2 Å². The number of carbonyl (C=O) groups excluding carboxylic acids is 1. The molecule has 1 fully saturated rings. The Morgan fingerprint density at radius 2 is 2.00 bits per heavy atom. The highest BCUT2D eigenvalue weighted by molar-refractivity contribution is 7.89. The molecule has 0 aromatic heterocycles. The van der Waals surface area contributed by atoms with Gasteiger partial charge in [0.15, 0.2) is 0 Å². The number of rotatable bonds is 5. The zero-order chi connectivity index (χ0) is 18.1. The molecule has 1 heterocycles. The Morgan fingerprint density at radius 1 is 1.33 bits per heavy atom. The third kappa shape index (κ3) is 3.44. The summed E-state index contributed by atoms with van der Waals surface area (Å²) in [5.74, 6) is -1.49. The van der Waals surface area contributed by atoms with E-state index < -0.39 is 27.9 Å². The molecule has 0 radical (unpaired) electrons. The fraction of sp³-hybridized carbons (Fsp3) is 0.500. The SMILES string of the molecule is CC(C)N(C)S(=O)(=O)c1cccc(C(=O)N2CCC[C@@H]2C(=O)O)c1. The fourth-order valence-corrected chi connectivity index (χ4v) is 4.08. The van der Waals surface area contributed by atoms with Crippen LogP contribution in [-0.2, 0) is 14.8 Å². The lowest BCUT2D eigenvalue weighted by atomic mass is 10.1. The molecule has 0 unspecified atom stereocenters. The van der Waals surface area contributed by atoms with Crippen LogP contribution in [0.25, 0.3) is 0 Å². The summed E-state index contributed by atoms with van der Waals surface area (Å²) in [6.07, 6.45) is 1.03. The fourth-order valence-electron chi connectivity index (χ4n) is 2.67. The molecule has 1 atom stereocenters. The molecule has 1 aliphatic rings. The lowest BCUT2D eigenvalue weighted by Gasteiger charge is -2.23. The number of hydrogen-bond acceptors (Lipinski definition) is 4. The van der Waals surface area contributed by atoms with Crippen LogP contribution in [0.3, 0.4) is 0 Å². The van der Waals surface area contributed by atoms with E-state index in [0.717, 1.165) is 0 Å². The molecule has 1 saturated heterocycles. The molecule has 0 bridgehead atoms. The average Bonchev–Trinajstić information content (AvgIpc) is 3.03. The van der Waals surface area contributed by atoms with Gasteiger partial charge in [-0.1, -0.05) is 6.07 Å². The molecule has 1 N–H and O–H groups in total. The second-order valence-corrected chi connectivity index (χ2v) is 8.14. The minimum Gasteiger partial charge on any atom is -0.480 e. The number of amides is 1. The van der Waals surface area contributed by atoms with Gasteiger partial charge in [0.2, 0.25) is 10.0 Å². The largest absolute Gasteiger partial charge is 0.480 e. The third-order valence-corrected chi connectivity index (χ3v) is 6.31. The molecule has 2 rings (SSSR count). The maximum atomic E-state index is 12.6. The lowest BCUT2D eigenvalue weighted by molar-refractivity contribution is -0.141. The summed E-state index contributed by atoms with van der Waals surface area (Å²) < 4.78 is 26.3. The van der Waals surface area contributed by atoms with Gasteiger partial charge in [-0.2, -0.15) is 4.31 Å². The van der Waals surface area contributed by atoms with Crippen molar-refractivity contribution in [1.29, 1.82) is 0 Å². The standard InChI is InChI=1S/C16H22N2O5S/c1-11(2)17(3)24(22,23)13-7-4-6-12(10-13)15(19)18-9-5-8-14(18)16(20)21/h4,6-7,10-11,14H,5,8-9H2,1-3H3,(H,20,21)/t14-/m1/s1. The van der Waals surface area contributed by atoms with Gasteiger partial charge in [0.1, 0.15) is 6.04 Å². The molecule has 0 aliphatic carbocycles. The maximum absolute atomic E-state index is 12.6. The van der Waals surface area contributed by atoms with Crippen LogP contribution in [0.5, 0.6) is 0 Å². The Kier molecular flexibility index (Phi) is 5.29. The van der Waals surface area contributed by atoms with Gasteiger partial charge in [-0.25, -0.2) is 13.2 Å². The summed E-state index contributed by atoms with van der Waals surface area (Å²) in [5, 5.41) is 9.20. The molecule has 0 spiro atoms. The molecule has 1 aliphatic heterocycles. The lowest BCUT2D eigenvalue weighted by Crippen LogP contribution is -2.40. The van der Waals surface area contributed by atoms with Gasteiger partial charge in [-0.3, -0.25) is 4.79 Å². The molecule has 1 aromatic rings. The zero-order valence-electron chi connectivity index (χ0n) is 14.0. The first-order chi connectivity index (χ1) is 11.2. The molecule has 8 heteroatoms. The molecule has 7 nitrogen and oxygen atoms in total. The topological polar surface area (TPSA) is 95.0 Å². The van der Waals surface area contributed by atoms with Crippen molar-refractivity contribution in [3.8, 4) is 0 Å². The minimum atomic E-state index is -3.70. The predicted molar refractivity (Wildman–Crippen MR) is 88.2 cm³/mol. The van der Waals surface area contributed by atoms with E-state index in [1.54, 1.807) is 13.8 Å². The Bertz CT molecular complexity index is 745. The summed E-state index contributed by atoms with van der Waals surface area (Å²) >= 11 is 0. The van der Waals surface area contributed by atoms with Crippen LogP contribution in [0.1, 0.15) is 37.0 Å². The summed E-state index contributed by atoms with van der Waals surface area (Å²) in [6, 6.07) is 4.69. The molecule has 24 heavy (non-hydrogen) atoms. The predicted octanol–water partition coefficient (Wildman–Crippen LogP) is 1.40. The van der Waals surface area contributed by atoms with Crippen molar-refractivity contribution in [2.45, 2.75) is 43.7 Å². The van der Waals surface area contributed by atoms with E-state index in [-0.39, 0.29) is 16.5 Å². The van der Waals surface area contributed by atoms with E-state index in [9.17, 15) is 23.1 Å². The van der Waals surface area contributed by atoms with E-state index in [4.69, 9.17) is 0 Å². The van der Waals surface area contributed by atoms with Crippen molar-refractivity contribution in [3.63, 3.8) is 0 Å². The first kappa shape index (κ1) is 18.4. The first-order valence-corrected chi connectivity index (χ1v) is 9.22. The molecule has 1 aromatic carbocycles. The van der Waals surface area contributed by atoms with E-state index >= 15 is 0 Å². The van der Waals surface area contributed by atoms with Crippen molar-refractivity contribution < 1.29 is 23.1 Å². The summed E-state index contributed by atoms with van der Waals surface area (Å²) in [4.78, 5) is 25.2. The van der Waals surface area contributed by atoms with Crippen molar-refractivity contribution in [3.05, 3.63) is 29.8 Å². The number of sulfonamides is 1. The average molecular weight is 354 g/mol. The van der Waals surface area contributed by atoms with Gasteiger partial charge in [-0.05, 0) is 44.9 Å². The third-order valence-electron chi connectivity index (χ3n) is 4.28. The number of hydrogen-bond donors (Lipinski definition) is 1. The second-order valence-electron chi connectivity index (χ2n) is 6.14. The van der Waals surface area contributed by atoms with E-state index in [0.29, 0.717) is 19.4 Å². The highest BCUT2D eigenvalue weighted by atomic mass is 32.2. The number of aliphatic carboxylic acids is 1. The summed E-state index contributed by atoms with van der Waals surface area (Å²) in [5.41, 5.74) is 0.182. The van der Waals surface area contributed by atoms with Gasteiger partial charge >= 0.3 is 5.97 Å². The highest BCUT2D eigenvalue weighted by Crippen LogP contribution is 2.23. The van der Waals surface area contributed by atoms with Crippen molar-refractivity contribution in [1.82, 2.24) is 9.21 Å². The van der Waals surface area contributed by atoms with E-state index in [1.807, 2.05) is 0 Å². The van der Waals surface area contributed by atoms with Gasteiger partial charge in [0.05, 0.1) is 4.90 Å². The molecular formula is C16H22N2O5S. The Hall–Kier alpha value is -1.93. The zero-order valence-corrected chi connectivity index (χ0v) is 14.8. The smallest absolute Gasteiger partial charge is 0.326 e. The van der Waals surface area contributed by atoms with Gasteiger partial charge in [0.25, 0.3) is 5.91 Å². The minimum absolute atomic E-state index is 0.0237. The Balaban J connectivity index is 2.34. The molecule has 132 valence electrons. The quantitative estimate of drug-likeness (QED) is 0.862. The van der Waals surface area contributed by atoms with E-state index in [1.165, 1.54) is 40.5 Å². The number of nitrogens with zero attached hydrogens (tertiary/aromatic N) is 2. The normalized spacial score (nSPS) is 18.4. The summed E-state index contributed by atoms with van der Waals surface area (Å²) in [6.45, 7) is 3.88. The molecular weight excluding hydrogens is 332 g/mol. The number of likely N-dealkylation sites (tertiary alicyclic amines) is 1. The van der Waals surface area contributed by atoms with Crippen molar-refractivity contribution >= 4 is 21.9 Å². The van der Waals surface area contributed by atoms with Crippen molar-refractivity contribution in [2.24, 2.45) is 0 Å². The number of carboxylic acids is 1. The first-order valence-electron chi connectivity index (χ1n) is 7.78. The van der Waals surface area contributed by atoms with Gasteiger partial charge < -0.3 is 10.0 Å². The Morgan fingerprint density at radius 3 is 2.58 bits per heavy atom. The van der Waals surface area contributed by atoms with Crippen molar-refractivity contribution in [2.75, 3.05) is 13.6 Å². The van der Waals surface area contributed by atoms with Crippen LogP contribution in [0, 0.1) is 0 Å². The number of benzene rings is 1. The second kappa shape index (κ2) is 6.90. The van der Waals surface area contributed by atoms with Gasteiger partial charge in [-0.15, -0.1) is 0 Å². The number of carbonyl (C=O) groups is 2. The monoisotopic (exact) mass is 354 g/mol. The maximum Gasteiger partial charge on any atom is 0.326 e. The molecule has 1 amide bonds. The van der Waals surface area contributed by atoms with Gasteiger partial charge in [0, 0.05) is 25.2 Å². The Labute approximate surface area is 141 Å². The van der Waals surface area contributed by atoms with Crippen LogP contribution in [-0.4, -0.2) is 60.3 Å². The summed E-state index contributed by atoms with van der Waals surface area (Å²) in [7, 11) is -2.22. The molecule has 0 saturated carbocycles.